The summed E-state index contributed by atoms with van der Waals surface area (Å²) in [5.41, 5.74) is -2.18. The maximum atomic E-state index is 13.4. The van der Waals surface area contributed by atoms with E-state index in [0.29, 0.717) is 0 Å². The molecule has 5 nitrogen and oxygen atoms in total. The predicted octanol–water partition coefficient (Wildman–Crippen LogP) is 6.37. The maximum absolute atomic E-state index is 13.4. The number of rotatable bonds is 1. The number of fused-ring (bicyclic) bond motifs is 3. The first-order valence-electron chi connectivity index (χ1n) is 10.9. The van der Waals surface area contributed by atoms with Crippen LogP contribution in [0.5, 0.6) is 0 Å². The standard InChI is InChI=1S/C24H24F6N2O3/c1-22(2,3)35-21(34)31-9-8-19(20(33)12-31)32-17-6-4-13(23(25,26)27)10-15(17)16-11-14(24(28,29)30)5-7-18(16)32/h4-7,10-11,19-20,33H,8-9,12H2,1-3H3/t19-,20-/m0/s1. The van der Waals surface area contributed by atoms with Crippen LogP contribution in [0.4, 0.5) is 31.1 Å². The molecule has 190 valence electrons. The van der Waals surface area contributed by atoms with Crippen LogP contribution in [0.2, 0.25) is 0 Å². The van der Waals surface area contributed by atoms with E-state index >= 15 is 0 Å². The topological polar surface area (TPSA) is 54.7 Å². The van der Waals surface area contributed by atoms with Gasteiger partial charge in [-0.3, -0.25) is 0 Å². The highest BCUT2D eigenvalue weighted by Gasteiger charge is 2.37. The van der Waals surface area contributed by atoms with Crippen LogP contribution in [-0.4, -0.2) is 45.5 Å². The molecule has 1 fully saturated rings. The Kier molecular flexibility index (Phi) is 5.98. The van der Waals surface area contributed by atoms with E-state index in [4.69, 9.17) is 4.74 Å². The zero-order chi connectivity index (χ0) is 25.9. The molecule has 3 aromatic rings. The molecule has 0 aliphatic carbocycles. The van der Waals surface area contributed by atoms with Gasteiger partial charge in [-0.2, -0.15) is 26.3 Å². The zero-order valence-electron chi connectivity index (χ0n) is 19.2. The van der Waals surface area contributed by atoms with Crippen molar-refractivity contribution < 1.29 is 41.0 Å². The van der Waals surface area contributed by atoms with Crippen LogP contribution in [0.1, 0.15) is 44.4 Å². The first-order valence-corrected chi connectivity index (χ1v) is 10.9. The first-order chi connectivity index (χ1) is 16.1. The molecular weight excluding hydrogens is 478 g/mol. The largest absolute Gasteiger partial charge is 0.444 e. The average molecular weight is 502 g/mol. The smallest absolute Gasteiger partial charge is 0.416 e. The van der Waals surface area contributed by atoms with E-state index in [1.807, 2.05) is 0 Å². The average Bonchev–Trinajstić information content (AvgIpc) is 3.04. The number of aliphatic hydroxyl groups is 1. The van der Waals surface area contributed by atoms with Gasteiger partial charge in [0, 0.05) is 28.4 Å². The number of halogens is 6. The van der Waals surface area contributed by atoms with Gasteiger partial charge in [-0.15, -0.1) is 0 Å². The lowest BCUT2D eigenvalue weighted by molar-refractivity contribution is -0.138. The van der Waals surface area contributed by atoms with E-state index in [2.05, 4.69) is 0 Å². The van der Waals surface area contributed by atoms with E-state index in [1.165, 1.54) is 17.0 Å². The van der Waals surface area contributed by atoms with Crippen molar-refractivity contribution in [1.29, 1.82) is 0 Å². The molecule has 4 rings (SSSR count). The first kappa shape index (κ1) is 25.2. The van der Waals surface area contributed by atoms with Gasteiger partial charge in [0.15, 0.2) is 0 Å². The van der Waals surface area contributed by atoms with Crippen LogP contribution in [0.3, 0.4) is 0 Å². The molecule has 1 N–H and O–H groups in total. The number of hydrogen-bond acceptors (Lipinski definition) is 3. The Labute approximate surface area is 196 Å². The van der Waals surface area contributed by atoms with E-state index in [9.17, 15) is 36.2 Å². The third kappa shape index (κ3) is 4.91. The third-order valence-corrected chi connectivity index (χ3v) is 5.99. The van der Waals surface area contributed by atoms with Crippen LogP contribution < -0.4 is 0 Å². The summed E-state index contributed by atoms with van der Waals surface area (Å²) in [6, 6.07) is 5.13. The van der Waals surface area contributed by atoms with Crippen molar-refractivity contribution in [3.63, 3.8) is 0 Å². The molecule has 0 saturated carbocycles. The van der Waals surface area contributed by atoms with Gasteiger partial charge in [-0.05, 0) is 63.6 Å². The van der Waals surface area contributed by atoms with Crippen LogP contribution in [-0.2, 0) is 17.1 Å². The number of benzene rings is 2. The Bertz CT molecular complexity index is 1200. The number of carbonyl (C=O) groups is 1. The van der Waals surface area contributed by atoms with E-state index in [-0.39, 0.29) is 41.3 Å². The van der Waals surface area contributed by atoms with Crippen LogP contribution in [0.15, 0.2) is 36.4 Å². The van der Waals surface area contributed by atoms with Crippen molar-refractivity contribution in [3.05, 3.63) is 47.5 Å². The number of amides is 1. The van der Waals surface area contributed by atoms with Gasteiger partial charge in [0.25, 0.3) is 0 Å². The lowest BCUT2D eigenvalue weighted by Gasteiger charge is -2.37. The summed E-state index contributed by atoms with van der Waals surface area (Å²) >= 11 is 0. The van der Waals surface area contributed by atoms with E-state index in [0.717, 1.165) is 24.3 Å². The summed E-state index contributed by atoms with van der Waals surface area (Å²) in [5.74, 6) is 0. The lowest BCUT2D eigenvalue weighted by Crippen LogP contribution is -2.48. The highest BCUT2D eigenvalue weighted by Crippen LogP contribution is 2.41. The highest BCUT2D eigenvalue weighted by molar-refractivity contribution is 6.08. The minimum Gasteiger partial charge on any atom is -0.444 e. The molecule has 0 unspecified atom stereocenters. The lowest BCUT2D eigenvalue weighted by atomic mass is 10.0. The highest BCUT2D eigenvalue weighted by atomic mass is 19.4. The molecule has 35 heavy (non-hydrogen) atoms. The Balaban J connectivity index is 1.80. The number of alkyl halides is 6. The van der Waals surface area contributed by atoms with Gasteiger partial charge >= 0.3 is 18.4 Å². The number of hydrogen-bond donors (Lipinski definition) is 1. The third-order valence-electron chi connectivity index (χ3n) is 5.99. The minimum atomic E-state index is -4.68. The number of aliphatic hydroxyl groups excluding tert-OH is 1. The molecule has 1 saturated heterocycles. The van der Waals surface area contributed by atoms with Crippen molar-refractivity contribution in [2.24, 2.45) is 0 Å². The Morgan fingerprint density at radius 2 is 1.40 bits per heavy atom. The Morgan fingerprint density at radius 1 is 0.914 bits per heavy atom. The van der Waals surface area contributed by atoms with Gasteiger partial charge < -0.3 is 19.3 Å². The van der Waals surface area contributed by atoms with Crippen molar-refractivity contribution in [2.75, 3.05) is 13.1 Å². The van der Waals surface area contributed by atoms with Crippen LogP contribution >= 0.6 is 0 Å². The Hall–Kier alpha value is -2.95. The minimum absolute atomic E-state index is 0.00250. The van der Waals surface area contributed by atoms with Crippen molar-refractivity contribution in [3.8, 4) is 0 Å². The SMILES string of the molecule is CC(C)(C)OC(=O)N1CC[C@H](n2c3ccc(C(F)(F)F)cc3c3cc(C(F)(F)F)ccc32)[C@@H](O)C1. The predicted molar refractivity (Wildman–Crippen MR) is 117 cm³/mol. The second kappa shape index (κ2) is 8.32. The van der Waals surface area contributed by atoms with Crippen LogP contribution in [0, 0.1) is 0 Å². The number of aromatic nitrogens is 1. The number of ether oxygens (including phenoxy) is 1. The zero-order valence-corrected chi connectivity index (χ0v) is 19.2. The van der Waals surface area contributed by atoms with Crippen molar-refractivity contribution in [2.45, 2.75) is 57.3 Å². The molecule has 2 aromatic carbocycles. The summed E-state index contributed by atoms with van der Waals surface area (Å²) < 4.78 is 87.1. The van der Waals surface area contributed by atoms with Crippen molar-refractivity contribution >= 4 is 27.9 Å². The second-order valence-electron chi connectivity index (χ2n) is 9.68. The molecule has 2 heterocycles. The van der Waals surface area contributed by atoms with E-state index < -0.39 is 47.3 Å². The number of carbonyl (C=O) groups excluding carboxylic acids is 1. The Morgan fingerprint density at radius 3 is 1.80 bits per heavy atom. The number of likely N-dealkylation sites (tertiary alicyclic amines) is 1. The molecule has 0 radical (unpaired) electrons. The van der Waals surface area contributed by atoms with E-state index in [1.54, 1.807) is 25.3 Å². The van der Waals surface area contributed by atoms with Gasteiger partial charge in [0.2, 0.25) is 0 Å². The van der Waals surface area contributed by atoms with Gasteiger partial charge in [0.1, 0.15) is 5.60 Å². The maximum Gasteiger partial charge on any atom is 0.416 e. The fourth-order valence-corrected chi connectivity index (χ4v) is 4.48. The van der Waals surface area contributed by atoms with Crippen molar-refractivity contribution in [1.82, 2.24) is 9.47 Å². The summed E-state index contributed by atoms with van der Waals surface area (Å²) in [5, 5.41) is 10.9. The fraction of sp³-hybridized carbons (Fsp3) is 0.458. The quantitative estimate of drug-likeness (QED) is 0.393. The molecule has 1 aliphatic heterocycles. The molecule has 11 heteroatoms. The fourth-order valence-electron chi connectivity index (χ4n) is 4.48. The molecule has 2 atom stereocenters. The van der Waals surface area contributed by atoms with Gasteiger partial charge in [-0.1, -0.05) is 0 Å². The normalized spacial score (nSPS) is 20.0. The molecule has 0 spiro atoms. The number of β-amino-alcohol motifs (C(OH)–C–C–N with tert-alkyl or cyclic N) is 1. The molecule has 0 bridgehead atoms. The van der Waals surface area contributed by atoms with Gasteiger partial charge in [0.05, 0.1) is 29.8 Å². The summed E-state index contributed by atoms with van der Waals surface area (Å²) in [6.45, 7) is 5.21. The van der Waals surface area contributed by atoms with Gasteiger partial charge in [-0.25, -0.2) is 4.79 Å². The number of piperidine rings is 1. The summed E-state index contributed by atoms with van der Waals surface area (Å²) in [7, 11) is 0. The molecular formula is C24H24F6N2O3. The van der Waals surface area contributed by atoms with Crippen LogP contribution in [0.25, 0.3) is 21.8 Å². The molecule has 1 amide bonds. The molecule has 1 aliphatic rings. The summed E-state index contributed by atoms with van der Waals surface area (Å²) in [6.07, 6.45) is -10.9. The number of nitrogens with zero attached hydrogens (tertiary/aromatic N) is 2. The summed E-state index contributed by atoms with van der Waals surface area (Å²) in [4.78, 5) is 13.7. The monoisotopic (exact) mass is 502 g/mol. The second-order valence-corrected chi connectivity index (χ2v) is 9.68. The molecule has 1 aromatic heterocycles.